The molecular weight excluding hydrogens is 336 g/mol. The minimum absolute atomic E-state index is 0.282. The fraction of sp³-hybridized carbons (Fsp3) is 0.417. The van der Waals surface area contributed by atoms with Crippen molar-refractivity contribution >= 4 is 37.8 Å². The molecule has 1 aromatic rings. The van der Waals surface area contributed by atoms with Crippen molar-refractivity contribution in [1.82, 2.24) is 0 Å². The number of ether oxygens (including phenoxy) is 1. The molecular formula is C12H14Br2O2. The number of alkyl halides is 2. The molecule has 0 saturated carbocycles. The first kappa shape index (κ1) is 13.7. The molecule has 88 valence electrons. The van der Waals surface area contributed by atoms with Crippen LogP contribution in [0.2, 0.25) is 0 Å². The molecule has 0 amide bonds. The number of aryl methyl sites for hydroxylation is 1. The summed E-state index contributed by atoms with van der Waals surface area (Å²) < 4.78 is 5.17. The summed E-state index contributed by atoms with van der Waals surface area (Å²) in [7, 11) is 0. The lowest BCUT2D eigenvalue weighted by atomic mass is 10.1. The van der Waals surface area contributed by atoms with E-state index in [2.05, 4.69) is 37.9 Å². The molecule has 0 aliphatic heterocycles. The lowest BCUT2D eigenvalue weighted by Gasteiger charge is -2.12. The molecule has 0 radical (unpaired) electrons. The highest BCUT2D eigenvalue weighted by Gasteiger charge is 2.10. The van der Waals surface area contributed by atoms with Crippen LogP contribution in [0.4, 0.5) is 0 Å². The van der Waals surface area contributed by atoms with Gasteiger partial charge in [0.05, 0.1) is 0 Å². The number of rotatable bonds is 4. The number of hydrogen-bond donors (Lipinski definition) is 0. The highest BCUT2D eigenvalue weighted by molar-refractivity contribution is 9.12. The summed E-state index contributed by atoms with van der Waals surface area (Å²) in [4.78, 5) is 11.3. The van der Waals surface area contributed by atoms with Gasteiger partial charge >= 0.3 is 5.97 Å². The number of halogens is 2. The molecule has 1 rings (SSSR count). The second-order valence-corrected chi connectivity index (χ2v) is 5.60. The topological polar surface area (TPSA) is 26.3 Å². The molecule has 0 aromatic heterocycles. The SMILES string of the molecule is CC(=O)Oc1ccc(C)cc1C[C@@H](Br)CBr. The van der Waals surface area contributed by atoms with Crippen LogP contribution >= 0.6 is 31.9 Å². The second-order valence-electron chi connectivity index (χ2n) is 3.66. The Morgan fingerprint density at radius 3 is 2.75 bits per heavy atom. The Balaban J connectivity index is 2.93. The normalized spacial score (nSPS) is 12.2. The predicted octanol–water partition coefficient (Wildman–Crippen LogP) is 3.62. The largest absolute Gasteiger partial charge is 0.426 e. The number of carbonyl (C=O) groups excluding carboxylic acids is 1. The molecule has 16 heavy (non-hydrogen) atoms. The first-order valence-electron chi connectivity index (χ1n) is 5.01. The Labute approximate surface area is 113 Å². The van der Waals surface area contributed by atoms with Crippen molar-refractivity contribution in [1.29, 1.82) is 0 Å². The van der Waals surface area contributed by atoms with E-state index < -0.39 is 0 Å². The summed E-state index contributed by atoms with van der Waals surface area (Å²) in [5, 5.41) is 0.862. The van der Waals surface area contributed by atoms with Crippen LogP contribution in [0.3, 0.4) is 0 Å². The van der Waals surface area contributed by atoms with Crippen LogP contribution in [-0.2, 0) is 11.2 Å². The van der Waals surface area contributed by atoms with Gasteiger partial charge in [0.1, 0.15) is 5.75 Å². The van der Waals surface area contributed by atoms with Gasteiger partial charge in [-0.05, 0) is 25.0 Å². The molecule has 0 fully saturated rings. The van der Waals surface area contributed by atoms with E-state index in [0.29, 0.717) is 10.6 Å². The van der Waals surface area contributed by atoms with Crippen molar-refractivity contribution in [2.75, 3.05) is 5.33 Å². The highest BCUT2D eigenvalue weighted by Crippen LogP contribution is 2.24. The van der Waals surface area contributed by atoms with Crippen LogP contribution in [0.5, 0.6) is 5.75 Å². The van der Waals surface area contributed by atoms with Crippen LogP contribution in [0.15, 0.2) is 18.2 Å². The third-order valence-corrected chi connectivity index (χ3v) is 4.38. The van der Waals surface area contributed by atoms with Crippen LogP contribution in [0.1, 0.15) is 18.1 Å². The molecule has 0 saturated heterocycles. The van der Waals surface area contributed by atoms with E-state index in [0.717, 1.165) is 17.3 Å². The van der Waals surface area contributed by atoms with E-state index in [1.54, 1.807) is 0 Å². The summed E-state index contributed by atoms with van der Waals surface area (Å²) in [6.45, 7) is 3.44. The van der Waals surface area contributed by atoms with E-state index in [1.807, 2.05) is 19.1 Å². The van der Waals surface area contributed by atoms with Gasteiger partial charge in [-0.2, -0.15) is 0 Å². The van der Waals surface area contributed by atoms with Crippen molar-refractivity contribution in [2.45, 2.75) is 25.1 Å². The summed E-state index contributed by atoms with van der Waals surface area (Å²) in [5.41, 5.74) is 2.22. The molecule has 0 spiro atoms. The molecule has 0 aliphatic rings. The average Bonchev–Trinajstić information content (AvgIpc) is 2.21. The van der Waals surface area contributed by atoms with E-state index in [-0.39, 0.29) is 5.97 Å². The zero-order valence-electron chi connectivity index (χ0n) is 9.30. The third-order valence-electron chi connectivity index (χ3n) is 2.08. The van der Waals surface area contributed by atoms with Gasteiger partial charge in [-0.3, -0.25) is 4.79 Å². The summed E-state index contributed by atoms with van der Waals surface area (Å²) in [6, 6.07) is 5.84. The zero-order chi connectivity index (χ0) is 12.1. The van der Waals surface area contributed by atoms with E-state index in [1.165, 1.54) is 12.5 Å². The van der Waals surface area contributed by atoms with Crippen LogP contribution in [-0.4, -0.2) is 16.1 Å². The van der Waals surface area contributed by atoms with Crippen molar-refractivity contribution in [2.24, 2.45) is 0 Å². The molecule has 0 N–H and O–H groups in total. The smallest absolute Gasteiger partial charge is 0.308 e. The Morgan fingerprint density at radius 2 is 2.19 bits per heavy atom. The number of carbonyl (C=O) groups is 1. The standard InChI is InChI=1S/C12H14Br2O2/c1-8-3-4-12(16-9(2)15)10(5-8)6-11(14)7-13/h3-5,11H,6-7H2,1-2H3/t11-/m1/s1. The maximum absolute atomic E-state index is 11.0. The minimum Gasteiger partial charge on any atom is -0.426 e. The van der Waals surface area contributed by atoms with E-state index >= 15 is 0 Å². The average molecular weight is 350 g/mol. The van der Waals surface area contributed by atoms with Gasteiger partial charge in [0.25, 0.3) is 0 Å². The molecule has 1 atom stereocenters. The van der Waals surface area contributed by atoms with Gasteiger partial charge in [-0.25, -0.2) is 0 Å². The molecule has 0 bridgehead atoms. The Hall–Kier alpha value is -0.350. The fourth-order valence-corrected chi connectivity index (χ4v) is 1.99. The first-order chi connectivity index (χ1) is 7.52. The zero-order valence-corrected chi connectivity index (χ0v) is 12.5. The molecule has 0 aliphatic carbocycles. The van der Waals surface area contributed by atoms with Crippen molar-refractivity contribution in [3.63, 3.8) is 0 Å². The van der Waals surface area contributed by atoms with Gasteiger partial charge in [0.2, 0.25) is 0 Å². The summed E-state index contributed by atoms with van der Waals surface area (Å²) in [6.07, 6.45) is 0.829. The van der Waals surface area contributed by atoms with E-state index in [9.17, 15) is 4.79 Å². The van der Waals surface area contributed by atoms with Gasteiger partial charge < -0.3 is 4.74 Å². The van der Waals surface area contributed by atoms with E-state index in [4.69, 9.17) is 4.74 Å². The molecule has 1 aromatic carbocycles. The summed E-state index contributed by atoms with van der Waals surface area (Å²) in [5.74, 6) is 0.374. The second kappa shape index (κ2) is 6.40. The number of esters is 1. The monoisotopic (exact) mass is 348 g/mol. The van der Waals surface area contributed by atoms with Gasteiger partial charge in [-0.15, -0.1) is 0 Å². The number of benzene rings is 1. The Bertz CT molecular complexity index is 377. The van der Waals surface area contributed by atoms with Gasteiger partial charge in [-0.1, -0.05) is 49.6 Å². The van der Waals surface area contributed by atoms with Crippen molar-refractivity contribution < 1.29 is 9.53 Å². The molecule has 0 unspecified atom stereocenters. The highest BCUT2D eigenvalue weighted by atomic mass is 79.9. The Morgan fingerprint density at radius 1 is 1.50 bits per heavy atom. The van der Waals surface area contributed by atoms with Crippen molar-refractivity contribution in [3.05, 3.63) is 29.3 Å². The van der Waals surface area contributed by atoms with Crippen LogP contribution < -0.4 is 4.74 Å². The van der Waals surface area contributed by atoms with Crippen LogP contribution in [0, 0.1) is 6.92 Å². The third kappa shape index (κ3) is 4.26. The molecule has 4 heteroatoms. The summed E-state index contributed by atoms with van der Waals surface area (Å²) >= 11 is 6.96. The van der Waals surface area contributed by atoms with Gasteiger partial charge in [0, 0.05) is 17.1 Å². The van der Waals surface area contributed by atoms with Crippen molar-refractivity contribution in [3.8, 4) is 5.75 Å². The fourth-order valence-electron chi connectivity index (χ4n) is 1.42. The molecule has 2 nitrogen and oxygen atoms in total. The number of hydrogen-bond acceptors (Lipinski definition) is 2. The Kier molecular flexibility index (Phi) is 5.49. The lowest BCUT2D eigenvalue weighted by Crippen LogP contribution is -2.09. The lowest BCUT2D eigenvalue weighted by molar-refractivity contribution is -0.131. The molecule has 0 heterocycles. The maximum Gasteiger partial charge on any atom is 0.308 e. The minimum atomic E-state index is -0.282. The van der Waals surface area contributed by atoms with Crippen LogP contribution in [0.25, 0.3) is 0 Å². The maximum atomic E-state index is 11.0. The quantitative estimate of drug-likeness (QED) is 0.471. The first-order valence-corrected chi connectivity index (χ1v) is 7.04. The predicted molar refractivity (Wildman–Crippen MR) is 72.7 cm³/mol. The van der Waals surface area contributed by atoms with Gasteiger partial charge in [0.15, 0.2) is 0 Å².